The monoisotopic (exact) mass is 480 g/mol. The second-order valence-corrected chi connectivity index (χ2v) is 8.59. The number of nitrogens with two attached hydrogens (primary N) is 1. The Hall–Kier alpha value is -1.53. The first kappa shape index (κ1) is 23.7. The normalized spacial score (nSPS) is 12.1. The van der Waals surface area contributed by atoms with E-state index in [1.807, 2.05) is 24.3 Å². The van der Waals surface area contributed by atoms with E-state index in [2.05, 4.69) is 53.5 Å². The summed E-state index contributed by atoms with van der Waals surface area (Å²) in [5, 5.41) is 0.690. The molecule has 6 heteroatoms. The lowest BCUT2D eigenvalue weighted by atomic mass is 10.1. The number of benzene rings is 2. The van der Waals surface area contributed by atoms with Crippen molar-refractivity contribution in [3.8, 4) is 11.5 Å². The minimum absolute atomic E-state index is 0.436. The average molecular weight is 482 g/mol. The second kappa shape index (κ2) is 12.2. The molecule has 29 heavy (non-hydrogen) atoms. The van der Waals surface area contributed by atoms with E-state index < -0.39 is 0 Å². The van der Waals surface area contributed by atoms with E-state index in [-0.39, 0.29) is 0 Å². The molecule has 2 aromatic carbocycles. The van der Waals surface area contributed by atoms with Crippen LogP contribution in [0.25, 0.3) is 0 Å². The Kier molecular flexibility index (Phi) is 10.0. The molecule has 1 atom stereocenters. The molecule has 0 saturated heterocycles. The lowest BCUT2D eigenvalue weighted by molar-refractivity contribution is 0.290. The summed E-state index contributed by atoms with van der Waals surface area (Å²) < 4.78 is 12.8. The molecule has 0 aromatic heterocycles. The summed E-state index contributed by atoms with van der Waals surface area (Å²) in [4.78, 5) is 2.29. The van der Waals surface area contributed by atoms with E-state index in [9.17, 15) is 0 Å². The fourth-order valence-electron chi connectivity index (χ4n) is 2.79. The lowest BCUT2D eigenvalue weighted by Crippen LogP contribution is -2.23. The molecular weight excluding hydrogens is 452 g/mol. The molecule has 0 spiro atoms. The van der Waals surface area contributed by atoms with Crippen LogP contribution < -0.4 is 15.2 Å². The molecular formula is C23H30BrClN2O2. The van der Waals surface area contributed by atoms with Crippen LogP contribution in [0.2, 0.25) is 5.02 Å². The summed E-state index contributed by atoms with van der Waals surface area (Å²) in [6.07, 6.45) is 2.81. The van der Waals surface area contributed by atoms with Gasteiger partial charge in [0.1, 0.15) is 24.7 Å². The molecule has 0 aliphatic heterocycles. The van der Waals surface area contributed by atoms with Crippen molar-refractivity contribution in [2.24, 2.45) is 11.7 Å². The largest absolute Gasteiger partial charge is 0.489 e. The van der Waals surface area contributed by atoms with Gasteiger partial charge in [0.25, 0.3) is 0 Å². The molecule has 2 aromatic rings. The van der Waals surface area contributed by atoms with E-state index >= 15 is 0 Å². The third kappa shape index (κ3) is 8.39. The molecule has 0 amide bonds. The van der Waals surface area contributed by atoms with Gasteiger partial charge in [-0.3, -0.25) is 0 Å². The van der Waals surface area contributed by atoms with Crippen LogP contribution in [0.4, 0.5) is 0 Å². The Morgan fingerprint density at radius 3 is 2.59 bits per heavy atom. The van der Waals surface area contributed by atoms with Crippen LogP contribution in [0.1, 0.15) is 24.5 Å². The molecule has 0 fully saturated rings. The molecule has 0 saturated carbocycles. The van der Waals surface area contributed by atoms with E-state index in [1.165, 1.54) is 0 Å². The summed E-state index contributed by atoms with van der Waals surface area (Å²) in [6.45, 7) is 9.31. The zero-order valence-electron chi connectivity index (χ0n) is 17.2. The third-order valence-electron chi connectivity index (χ3n) is 4.58. The molecule has 0 aliphatic rings. The van der Waals surface area contributed by atoms with Crippen molar-refractivity contribution in [1.82, 2.24) is 4.90 Å². The fraction of sp³-hybridized carbons (Fsp3) is 0.391. The highest BCUT2D eigenvalue weighted by Gasteiger charge is 2.09. The van der Waals surface area contributed by atoms with Gasteiger partial charge in [0.05, 0.1) is 0 Å². The van der Waals surface area contributed by atoms with Crippen LogP contribution in [0.5, 0.6) is 11.5 Å². The Labute approximate surface area is 187 Å². The number of hydrogen-bond acceptors (Lipinski definition) is 4. The van der Waals surface area contributed by atoms with E-state index in [0.29, 0.717) is 24.2 Å². The van der Waals surface area contributed by atoms with Crippen molar-refractivity contribution in [3.05, 3.63) is 69.7 Å². The van der Waals surface area contributed by atoms with Crippen LogP contribution in [0.3, 0.4) is 0 Å². The maximum absolute atomic E-state index is 6.06. The Morgan fingerprint density at radius 2 is 1.93 bits per heavy atom. The van der Waals surface area contributed by atoms with Crippen molar-refractivity contribution in [3.63, 3.8) is 0 Å². The van der Waals surface area contributed by atoms with Crippen LogP contribution >= 0.6 is 27.5 Å². The first-order chi connectivity index (χ1) is 13.9. The summed E-state index contributed by atoms with van der Waals surface area (Å²) in [5.41, 5.74) is 7.89. The third-order valence-corrected chi connectivity index (χ3v) is 5.55. The first-order valence-electron chi connectivity index (χ1n) is 9.74. The van der Waals surface area contributed by atoms with Gasteiger partial charge in [0.2, 0.25) is 0 Å². The van der Waals surface area contributed by atoms with Gasteiger partial charge in [-0.2, -0.15) is 0 Å². The van der Waals surface area contributed by atoms with E-state index in [1.54, 1.807) is 6.08 Å². The summed E-state index contributed by atoms with van der Waals surface area (Å²) in [7, 11) is 2.12. The van der Waals surface area contributed by atoms with Crippen molar-refractivity contribution in [1.29, 1.82) is 0 Å². The maximum atomic E-state index is 6.06. The number of hydrogen-bond donors (Lipinski definition) is 1. The van der Waals surface area contributed by atoms with Gasteiger partial charge in [-0.15, -0.1) is 0 Å². The minimum atomic E-state index is 0.436. The van der Waals surface area contributed by atoms with Gasteiger partial charge in [-0.05, 0) is 62.3 Å². The molecule has 0 heterocycles. The molecule has 2 N–H and O–H groups in total. The van der Waals surface area contributed by atoms with Crippen molar-refractivity contribution in [2.45, 2.75) is 26.5 Å². The van der Waals surface area contributed by atoms with Gasteiger partial charge < -0.3 is 20.1 Å². The van der Waals surface area contributed by atoms with Crippen LogP contribution in [0, 0.1) is 5.92 Å². The summed E-state index contributed by atoms with van der Waals surface area (Å²) in [6, 6.07) is 11.7. The zero-order valence-corrected chi connectivity index (χ0v) is 19.5. The number of rotatable bonds is 12. The lowest BCUT2D eigenvalue weighted by Gasteiger charge is -2.20. The molecule has 0 aliphatic carbocycles. The van der Waals surface area contributed by atoms with Crippen molar-refractivity contribution >= 4 is 27.5 Å². The van der Waals surface area contributed by atoms with Crippen molar-refractivity contribution in [2.75, 3.05) is 26.7 Å². The minimum Gasteiger partial charge on any atom is -0.489 e. The maximum Gasteiger partial charge on any atom is 0.123 e. The van der Waals surface area contributed by atoms with Gasteiger partial charge >= 0.3 is 0 Å². The van der Waals surface area contributed by atoms with Gasteiger partial charge in [0.15, 0.2) is 0 Å². The average Bonchev–Trinajstić information content (AvgIpc) is 2.69. The molecule has 2 rings (SSSR count). The SMILES string of the molecule is C=CCOc1cc(CN(C)CCC(C)CN)cc(OCc2ccc(Cl)cc2Br)c1. The second-order valence-electron chi connectivity index (χ2n) is 7.30. The van der Waals surface area contributed by atoms with E-state index in [4.69, 9.17) is 26.8 Å². The highest BCUT2D eigenvalue weighted by atomic mass is 79.9. The van der Waals surface area contributed by atoms with E-state index in [0.717, 1.165) is 53.2 Å². The molecule has 0 radical (unpaired) electrons. The number of halogens is 2. The number of ether oxygens (including phenoxy) is 2. The standard InChI is InChI=1S/C23H30BrClN2O2/c1-4-9-28-21-10-18(15-27(3)8-7-17(2)14-26)11-22(13-21)29-16-19-5-6-20(25)12-23(19)24/h4-6,10-13,17H,1,7-9,14-16,26H2,2-3H3. The molecule has 0 bridgehead atoms. The fourth-order valence-corrected chi connectivity index (χ4v) is 3.59. The highest BCUT2D eigenvalue weighted by molar-refractivity contribution is 9.10. The summed E-state index contributed by atoms with van der Waals surface area (Å²) >= 11 is 9.56. The highest BCUT2D eigenvalue weighted by Crippen LogP contribution is 2.27. The molecule has 1 unspecified atom stereocenters. The predicted octanol–water partition coefficient (Wildman–Crippen LogP) is 5.66. The predicted molar refractivity (Wildman–Crippen MR) is 125 cm³/mol. The van der Waals surface area contributed by atoms with Gasteiger partial charge in [0, 0.05) is 27.7 Å². The molecule has 4 nitrogen and oxygen atoms in total. The molecule has 158 valence electrons. The Morgan fingerprint density at radius 1 is 1.21 bits per heavy atom. The van der Waals surface area contributed by atoms with Crippen LogP contribution in [0.15, 0.2) is 53.5 Å². The number of nitrogens with zero attached hydrogens (tertiary/aromatic N) is 1. The van der Waals surface area contributed by atoms with Gasteiger partial charge in [-0.1, -0.05) is 53.2 Å². The van der Waals surface area contributed by atoms with Crippen molar-refractivity contribution < 1.29 is 9.47 Å². The summed E-state index contributed by atoms with van der Waals surface area (Å²) in [5.74, 6) is 2.07. The topological polar surface area (TPSA) is 47.7 Å². The first-order valence-corrected chi connectivity index (χ1v) is 10.9. The van der Waals surface area contributed by atoms with Crippen LogP contribution in [-0.4, -0.2) is 31.6 Å². The smallest absolute Gasteiger partial charge is 0.123 e. The zero-order chi connectivity index (χ0) is 21.2. The van der Waals surface area contributed by atoms with Gasteiger partial charge in [-0.25, -0.2) is 0 Å². The van der Waals surface area contributed by atoms with Crippen LogP contribution in [-0.2, 0) is 13.2 Å². The Bertz CT molecular complexity index is 800. The Balaban J connectivity index is 2.09. The quantitative estimate of drug-likeness (QED) is 0.397.